The van der Waals surface area contributed by atoms with E-state index in [1.54, 1.807) is 24.2 Å². The lowest BCUT2D eigenvalue weighted by molar-refractivity contribution is -0.134. The summed E-state index contributed by atoms with van der Waals surface area (Å²) in [6.45, 7) is 7.15. The SMILES string of the molecule is CCS(=O)(=O)N(CCCN1CCOCC1)CC(=O)N(Cc1ccco1)CC1CCCO1. The van der Waals surface area contributed by atoms with E-state index in [-0.39, 0.29) is 24.3 Å². The van der Waals surface area contributed by atoms with Crippen LogP contribution in [-0.2, 0) is 30.8 Å². The number of amides is 1. The topological polar surface area (TPSA) is 92.5 Å². The molecule has 31 heavy (non-hydrogen) atoms. The van der Waals surface area contributed by atoms with Gasteiger partial charge in [-0.1, -0.05) is 0 Å². The number of carbonyl (C=O) groups excluding carboxylic acids is 1. The minimum atomic E-state index is -3.49. The van der Waals surface area contributed by atoms with Crippen LogP contribution in [0.1, 0.15) is 31.9 Å². The Morgan fingerprint density at radius 1 is 1.26 bits per heavy atom. The normalized spacial score (nSPS) is 20.4. The Bertz CT molecular complexity index is 758. The lowest BCUT2D eigenvalue weighted by atomic mass is 10.2. The smallest absolute Gasteiger partial charge is 0.238 e. The van der Waals surface area contributed by atoms with Gasteiger partial charge in [-0.15, -0.1) is 0 Å². The Kier molecular flexibility index (Phi) is 9.33. The third kappa shape index (κ3) is 7.57. The fourth-order valence-electron chi connectivity index (χ4n) is 3.92. The van der Waals surface area contributed by atoms with Gasteiger partial charge in [0.1, 0.15) is 5.76 Å². The minimum Gasteiger partial charge on any atom is -0.467 e. The van der Waals surface area contributed by atoms with E-state index < -0.39 is 10.0 Å². The van der Waals surface area contributed by atoms with Gasteiger partial charge < -0.3 is 18.8 Å². The number of nitrogens with zero attached hydrogens (tertiary/aromatic N) is 3. The van der Waals surface area contributed by atoms with Crippen LogP contribution in [0.15, 0.2) is 22.8 Å². The summed E-state index contributed by atoms with van der Waals surface area (Å²) >= 11 is 0. The van der Waals surface area contributed by atoms with Crippen molar-refractivity contribution >= 4 is 15.9 Å². The van der Waals surface area contributed by atoms with Gasteiger partial charge in [0, 0.05) is 32.8 Å². The molecule has 0 aliphatic carbocycles. The molecule has 0 radical (unpaired) electrons. The zero-order valence-electron chi connectivity index (χ0n) is 18.4. The van der Waals surface area contributed by atoms with E-state index in [1.807, 2.05) is 6.07 Å². The minimum absolute atomic E-state index is 0.0172. The molecule has 2 aliphatic rings. The first-order chi connectivity index (χ1) is 15.0. The Hall–Kier alpha value is -1.46. The molecular weight excluding hydrogens is 422 g/mol. The van der Waals surface area contributed by atoms with Crippen LogP contribution in [-0.4, -0.2) is 99.4 Å². The predicted octanol–water partition coefficient (Wildman–Crippen LogP) is 1.16. The molecule has 0 saturated carbocycles. The molecular formula is C21H35N3O6S. The number of rotatable bonds is 12. The van der Waals surface area contributed by atoms with E-state index >= 15 is 0 Å². The summed E-state index contributed by atoms with van der Waals surface area (Å²) in [5.74, 6) is 0.417. The first-order valence-corrected chi connectivity index (χ1v) is 12.8. The zero-order chi connectivity index (χ0) is 22.1. The molecule has 176 valence electrons. The summed E-state index contributed by atoms with van der Waals surface area (Å²) in [6.07, 6.45) is 4.11. The van der Waals surface area contributed by atoms with Crippen LogP contribution in [0.3, 0.4) is 0 Å². The Labute approximate surface area is 185 Å². The number of morpholine rings is 1. The van der Waals surface area contributed by atoms with E-state index in [2.05, 4.69) is 4.90 Å². The highest BCUT2D eigenvalue weighted by Crippen LogP contribution is 2.16. The zero-order valence-corrected chi connectivity index (χ0v) is 19.2. The van der Waals surface area contributed by atoms with E-state index in [1.165, 1.54) is 4.31 Å². The van der Waals surface area contributed by atoms with Crippen molar-refractivity contribution in [3.05, 3.63) is 24.2 Å². The van der Waals surface area contributed by atoms with E-state index in [4.69, 9.17) is 13.9 Å². The lowest BCUT2D eigenvalue weighted by Crippen LogP contribution is -2.46. The van der Waals surface area contributed by atoms with E-state index in [9.17, 15) is 13.2 Å². The number of hydrogen-bond donors (Lipinski definition) is 0. The largest absolute Gasteiger partial charge is 0.467 e. The van der Waals surface area contributed by atoms with Gasteiger partial charge in [0.25, 0.3) is 0 Å². The van der Waals surface area contributed by atoms with Crippen molar-refractivity contribution in [3.63, 3.8) is 0 Å². The molecule has 9 nitrogen and oxygen atoms in total. The van der Waals surface area contributed by atoms with Crippen molar-refractivity contribution in [2.75, 3.05) is 64.8 Å². The van der Waals surface area contributed by atoms with Crippen molar-refractivity contribution < 1.29 is 27.1 Å². The quantitative estimate of drug-likeness (QED) is 0.465. The molecule has 3 heterocycles. The summed E-state index contributed by atoms with van der Waals surface area (Å²) in [4.78, 5) is 17.1. The highest BCUT2D eigenvalue weighted by molar-refractivity contribution is 7.89. The van der Waals surface area contributed by atoms with Gasteiger partial charge in [0.05, 0.1) is 44.4 Å². The Morgan fingerprint density at radius 3 is 2.71 bits per heavy atom. The van der Waals surface area contributed by atoms with Crippen LogP contribution < -0.4 is 0 Å². The molecule has 2 aliphatic heterocycles. The molecule has 10 heteroatoms. The third-order valence-corrected chi connectivity index (χ3v) is 7.61. The number of hydrogen-bond acceptors (Lipinski definition) is 7. The van der Waals surface area contributed by atoms with Gasteiger partial charge in [-0.05, 0) is 44.9 Å². The van der Waals surface area contributed by atoms with Crippen molar-refractivity contribution in [2.24, 2.45) is 0 Å². The molecule has 1 unspecified atom stereocenters. The van der Waals surface area contributed by atoms with Gasteiger partial charge in [-0.2, -0.15) is 4.31 Å². The Balaban J connectivity index is 1.61. The number of ether oxygens (including phenoxy) is 2. The van der Waals surface area contributed by atoms with Crippen molar-refractivity contribution in [3.8, 4) is 0 Å². The average molecular weight is 458 g/mol. The highest BCUT2D eigenvalue weighted by atomic mass is 32.2. The summed E-state index contributed by atoms with van der Waals surface area (Å²) < 4.78 is 43.2. The first kappa shape index (κ1) is 24.2. The van der Waals surface area contributed by atoms with Gasteiger partial charge in [0.15, 0.2) is 0 Å². The van der Waals surface area contributed by atoms with Crippen molar-refractivity contribution in [1.29, 1.82) is 0 Å². The van der Waals surface area contributed by atoms with E-state index in [0.717, 1.165) is 32.5 Å². The van der Waals surface area contributed by atoms with Crippen LogP contribution in [0.2, 0.25) is 0 Å². The summed E-state index contributed by atoms with van der Waals surface area (Å²) in [6, 6.07) is 3.60. The number of carbonyl (C=O) groups is 1. The highest BCUT2D eigenvalue weighted by Gasteiger charge is 2.28. The predicted molar refractivity (Wildman–Crippen MR) is 116 cm³/mol. The van der Waals surface area contributed by atoms with Crippen molar-refractivity contribution in [1.82, 2.24) is 14.1 Å². The maximum atomic E-state index is 13.2. The third-order valence-electron chi connectivity index (χ3n) is 5.78. The second-order valence-electron chi connectivity index (χ2n) is 8.03. The number of furan rings is 1. The fraction of sp³-hybridized carbons (Fsp3) is 0.762. The standard InChI is InChI=1S/C21H35N3O6S/c1-2-31(26,27)24(9-5-8-22-10-14-28-15-11-22)18-21(25)23(16-19-6-3-12-29-19)17-20-7-4-13-30-20/h3,6,12,20H,2,4-5,7-11,13-18H2,1H3. The lowest BCUT2D eigenvalue weighted by Gasteiger charge is -2.29. The molecule has 3 rings (SSSR count). The van der Waals surface area contributed by atoms with Crippen LogP contribution in [0.25, 0.3) is 0 Å². The van der Waals surface area contributed by atoms with Crippen molar-refractivity contribution in [2.45, 2.75) is 38.8 Å². The van der Waals surface area contributed by atoms with Crippen LogP contribution >= 0.6 is 0 Å². The second kappa shape index (κ2) is 12.0. The van der Waals surface area contributed by atoms with Gasteiger partial charge >= 0.3 is 0 Å². The first-order valence-electron chi connectivity index (χ1n) is 11.2. The molecule has 1 aromatic heterocycles. The molecule has 1 atom stereocenters. The monoisotopic (exact) mass is 457 g/mol. The van der Waals surface area contributed by atoms with Crippen LogP contribution in [0, 0.1) is 0 Å². The maximum Gasteiger partial charge on any atom is 0.238 e. The second-order valence-corrected chi connectivity index (χ2v) is 10.3. The van der Waals surface area contributed by atoms with Gasteiger partial charge in [-0.25, -0.2) is 8.42 Å². The van der Waals surface area contributed by atoms with Crippen LogP contribution in [0.4, 0.5) is 0 Å². The van der Waals surface area contributed by atoms with Crippen LogP contribution in [0.5, 0.6) is 0 Å². The average Bonchev–Trinajstić information content (AvgIpc) is 3.47. The molecule has 0 spiro atoms. The van der Waals surface area contributed by atoms with Gasteiger partial charge in [-0.3, -0.25) is 9.69 Å². The molecule has 0 N–H and O–H groups in total. The molecule has 1 aromatic rings. The summed E-state index contributed by atoms with van der Waals surface area (Å²) in [5.41, 5.74) is 0. The molecule has 1 amide bonds. The molecule has 2 saturated heterocycles. The molecule has 2 fully saturated rings. The molecule has 0 bridgehead atoms. The fourth-order valence-corrected chi connectivity index (χ4v) is 5.00. The summed E-state index contributed by atoms with van der Waals surface area (Å²) in [7, 11) is -3.49. The molecule has 0 aromatic carbocycles. The Morgan fingerprint density at radius 2 is 2.06 bits per heavy atom. The summed E-state index contributed by atoms with van der Waals surface area (Å²) in [5, 5.41) is 0. The van der Waals surface area contributed by atoms with Gasteiger partial charge in [0.2, 0.25) is 15.9 Å². The number of sulfonamides is 1. The maximum absolute atomic E-state index is 13.2. The van der Waals surface area contributed by atoms with E-state index in [0.29, 0.717) is 51.6 Å².